The zero-order chi connectivity index (χ0) is 18.3. The van der Waals surface area contributed by atoms with Crippen molar-refractivity contribution >= 4 is 17.9 Å². The van der Waals surface area contributed by atoms with Crippen LogP contribution in [-0.4, -0.2) is 82.7 Å². The molecule has 3 amide bonds. The fraction of sp³-hybridized carbons (Fsp3) is 0.786. The minimum absolute atomic E-state index is 0.0458. The monoisotopic (exact) mass is 351 g/mol. The number of hydrogen-bond donors (Lipinski definition) is 1. The van der Waals surface area contributed by atoms with Crippen LogP contribution in [0.4, 0.5) is 18.0 Å². The standard InChI is InChI=1S/C14H20F3N3O4/c1-13(2,11(22)23)3-4-19-8-9-7-18(10(21)14(15,16)17)5-6-20(9)12(19)24/h9H,3-8H2,1-2H3,(H,22,23)/t9-/m0/s1. The lowest BCUT2D eigenvalue weighted by Crippen LogP contribution is -2.56. The first-order chi connectivity index (χ1) is 10.9. The molecule has 0 bridgehead atoms. The van der Waals surface area contributed by atoms with Crippen LogP contribution in [0.2, 0.25) is 0 Å². The highest BCUT2D eigenvalue weighted by molar-refractivity contribution is 5.83. The Labute approximate surface area is 137 Å². The molecule has 10 heteroatoms. The third-order valence-corrected chi connectivity index (χ3v) is 4.55. The van der Waals surface area contributed by atoms with Crippen LogP contribution < -0.4 is 0 Å². The average molecular weight is 351 g/mol. The number of urea groups is 1. The Morgan fingerprint density at radius 3 is 2.38 bits per heavy atom. The second kappa shape index (κ2) is 6.14. The van der Waals surface area contributed by atoms with Crippen LogP contribution in [0.25, 0.3) is 0 Å². The molecule has 2 heterocycles. The van der Waals surface area contributed by atoms with Gasteiger partial charge in [0, 0.05) is 32.7 Å². The molecule has 0 radical (unpaired) electrons. The summed E-state index contributed by atoms with van der Waals surface area (Å²) in [6, 6.07) is -0.814. The van der Waals surface area contributed by atoms with Crippen molar-refractivity contribution in [2.24, 2.45) is 5.41 Å². The molecule has 2 rings (SSSR count). The number of hydrogen-bond acceptors (Lipinski definition) is 3. The van der Waals surface area contributed by atoms with Crippen LogP contribution in [-0.2, 0) is 9.59 Å². The van der Waals surface area contributed by atoms with E-state index in [1.807, 2.05) is 0 Å². The molecule has 1 atom stereocenters. The van der Waals surface area contributed by atoms with E-state index in [1.54, 1.807) is 13.8 Å². The van der Waals surface area contributed by atoms with E-state index < -0.39 is 29.5 Å². The molecule has 2 saturated heterocycles. The molecule has 0 aromatic carbocycles. The van der Waals surface area contributed by atoms with Crippen LogP contribution in [0.3, 0.4) is 0 Å². The quantitative estimate of drug-likeness (QED) is 0.819. The van der Waals surface area contributed by atoms with Gasteiger partial charge >= 0.3 is 24.1 Å². The molecule has 136 valence electrons. The minimum atomic E-state index is -4.92. The number of halogens is 3. The SMILES string of the molecule is CC(C)(CCN1C[C@@H]2CN(C(=O)C(F)(F)F)CCN2C1=O)C(=O)O. The minimum Gasteiger partial charge on any atom is -0.481 e. The van der Waals surface area contributed by atoms with Crippen LogP contribution in [0, 0.1) is 5.41 Å². The van der Waals surface area contributed by atoms with Crippen LogP contribution in [0.1, 0.15) is 20.3 Å². The Hall–Kier alpha value is -2.00. The lowest BCUT2D eigenvalue weighted by molar-refractivity contribution is -0.187. The number of alkyl halides is 3. The molecule has 24 heavy (non-hydrogen) atoms. The molecule has 0 spiro atoms. The molecule has 2 aliphatic rings. The van der Waals surface area contributed by atoms with E-state index in [2.05, 4.69) is 0 Å². The number of amides is 3. The van der Waals surface area contributed by atoms with Crippen molar-refractivity contribution in [2.45, 2.75) is 32.5 Å². The number of nitrogens with zero attached hydrogens (tertiary/aromatic N) is 3. The van der Waals surface area contributed by atoms with Crippen molar-refractivity contribution in [1.82, 2.24) is 14.7 Å². The van der Waals surface area contributed by atoms with Gasteiger partial charge in [-0.3, -0.25) is 9.59 Å². The number of carboxylic acids is 1. The van der Waals surface area contributed by atoms with Crippen molar-refractivity contribution in [3.8, 4) is 0 Å². The molecule has 0 aliphatic carbocycles. The third-order valence-electron chi connectivity index (χ3n) is 4.55. The first-order valence-electron chi connectivity index (χ1n) is 7.58. The summed E-state index contributed by atoms with van der Waals surface area (Å²) >= 11 is 0. The summed E-state index contributed by atoms with van der Waals surface area (Å²) in [6.45, 7) is 3.22. The Morgan fingerprint density at radius 2 is 1.83 bits per heavy atom. The van der Waals surface area contributed by atoms with Crippen LogP contribution in [0.5, 0.6) is 0 Å². The Bertz CT molecular complexity index is 550. The van der Waals surface area contributed by atoms with Crippen molar-refractivity contribution in [1.29, 1.82) is 0 Å². The number of carbonyl (C=O) groups is 3. The first-order valence-corrected chi connectivity index (χ1v) is 7.58. The third kappa shape index (κ3) is 3.57. The Kier molecular flexibility index (Phi) is 4.69. The van der Waals surface area contributed by atoms with Gasteiger partial charge < -0.3 is 19.8 Å². The smallest absolute Gasteiger partial charge is 0.471 e. The largest absolute Gasteiger partial charge is 0.481 e. The van der Waals surface area contributed by atoms with Crippen molar-refractivity contribution in [3.05, 3.63) is 0 Å². The summed E-state index contributed by atoms with van der Waals surface area (Å²) in [5, 5.41) is 9.09. The molecule has 2 fully saturated rings. The van der Waals surface area contributed by atoms with Gasteiger partial charge in [-0.25, -0.2) is 4.79 Å². The number of rotatable bonds is 4. The summed E-state index contributed by atoms with van der Waals surface area (Å²) in [5.41, 5.74) is -0.998. The van der Waals surface area contributed by atoms with Crippen molar-refractivity contribution < 1.29 is 32.7 Å². The zero-order valence-corrected chi connectivity index (χ0v) is 13.5. The van der Waals surface area contributed by atoms with Gasteiger partial charge in [0.1, 0.15) is 0 Å². The molecule has 0 aromatic rings. The molecule has 7 nitrogen and oxygen atoms in total. The predicted molar refractivity (Wildman–Crippen MR) is 76.1 cm³/mol. The van der Waals surface area contributed by atoms with Gasteiger partial charge in [-0.2, -0.15) is 13.2 Å². The topological polar surface area (TPSA) is 81.2 Å². The molecular formula is C14H20F3N3O4. The molecule has 0 unspecified atom stereocenters. The van der Waals surface area contributed by atoms with Gasteiger partial charge in [0.25, 0.3) is 0 Å². The summed E-state index contributed by atoms with van der Waals surface area (Å²) in [7, 11) is 0. The predicted octanol–water partition coefficient (Wildman–Crippen LogP) is 0.998. The lowest BCUT2D eigenvalue weighted by atomic mass is 9.89. The normalized spacial score (nSPS) is 22.0. The molecule has 0 saturated carbocycles. The van der Waals surface area contributed by atoms with E-state index in [1.165, 1.54) is 9.80 Å². The van der Waals surface area contributed by atoms with Gasteiger partial charge in [-0.1, -0.05) is 0 Å². The Balaban J connectivity index is 1.97. The van der Waals surface area contributed by atoms with E-state index >= 15 is 0 Å². The maximum atomic E-state index is 12.5. The van der Waals surface area contributed by atoms with Crippen LogP contribution in [0.15, 0.2) is 0 Å². The number of fused-ring (bicyclic) bond motifs is 1. The second-order valence-electron chi connectivity index (χ2n) is 6.76. The van der Waals surface area contributed by atoms with E-state index in [0.717, 1.165) is 4.90 Å². The fourth-order valence-corrected chi connectivity index (χ4v) is 2.85. The second-order valence-corrected chi connectivity index (χ2v) is 6.76. The number of aliphatic carboxylic acids is 1. The van der Waals surface area contributed by atoms with Crippen LogP contribution >= 0.6 is 0 Å². The Morgan fingerprint density at radius 1 is 1.21 bits per heavy atom. The maximum absolute atomic E-state index is 12.5. The number of carbonyl (C=O) groups excluding carboxylic acids is 2. The molecule has 1 N–H and O–H groups in total. The summed E-state index contributed by atoms with van der Waals surface area (Å²) in [4.78, 5) is 38.3. The van der Waals surface area contributed by atoms with Crippen molar-refractivity contribution in [2.75, 3.05) is 32.7 Å². The molecule has 2 aliphatic heterocycles. The summed E-state index contributed by atoms with van der Waals surface area (Å²) in [6.07, 6.45) is -4.68. The van der Waals surface area contributed by atoms with Gasteiger partial charge in [0.15, 0.2) is 0 Å². The summed E-state index contributed by atoms with van der Waals surface area (Å²) < 4.78 is 37.6. The lowest BCUT2D eigenvalue weighted by Gasteiger charge is -2.36. The van der Waals surface area contributed by atoms with E-state index in [9.17, 15) is 27.6 Å². The highest BCUT2D eigenvalue weighted by atomic mass is 19.4. The molecular weight excluding hydrogens is 331 g/mol. The van der Waals surface area contributed by atoms with E-state index in [4.69, 9.17) is 5.11 Å². The van der Waals surface area contributed by atoms with Gasteiger partial charge in [-0.15, -0.1) is 0 Å². The van der Waals surface area contributed by atoms with Gasteiger partial charge in [0.2, 0.25) is 0 Å². The van der Waals surface area contributed by atoms with Gasteiger partial charge in [-0.05, 0) is 20.3 Å². The highest BCUT2D eigenvalue weighted by Gasteiger charge is 2.48. The highest BCUT2D eigenvalue weighted by Crippen LogP contribution is 2.27. The average Bonchev–Trinajstić information content (AvgIpc) is 2.79. The maximum Gasteiger partial charge on any atom is 0.471 e. The van der Waals surface area contributed by atoms with E-state index in [-0.39, 0.29) is 45.2 Å². The number of piperazine rings is 1. The van der Waals surface area contributed by atoms with Gasteiger partial charge in [0.05, 0.1) is 11.5 Å². The zero-order valence-electron chi connectivity index (χ0n) is 13.5. The first kappa shape index (κ1) is 18.3. The fourth-order valence-electron chi connectivity index (χ4n) is 2.85. The molecule has 0 aromatic heterocycles. The number of carboxylic acid groups (broad SMARTS) is 1. The van der Waals surface area contributed by atoms with Crippen molar-refractivity contribution in [3.63, 3.8) is 0 Å². The van der Waals surface area contributed by atoms with E-state index in [0.29, 0.717) is 0 Å². The summed E-state index contributed by atoms with van der Waals surface area (Å²) in [5.74, 6) is -2.87.